The third-order valence-electron chi connectivity index (χ3n) is 4.76. The van der Waals surface area contributed by atoms with Gasteiger partial charge in [0.05, 0.1) is 0 Å². The first kappa shape index (κ1) is 32.9. The lowest BCUT2D eigenvalue weighted by molar-refractivity contribution is -0.140. The normalized spacial score (nSPS) is 20.8. The fourth-order valence-corrected chi connectivity index (χ4v) is 2.68. The van der Waals surface area contributed by atoms with Gasteiger partial charge in [-0.15, -0.1) is 0 Å². The van der Waals surface area contributed by atoms with E-state index in [1.807, 2.05) is 13.8 Å². The van der Waals surface area contributed by atoms with Crippen LogP contribution < -0.4 is 22.1 Å². The first-order valence-corrected chi connectivity index (χ1v) is 11.1. The van der Waals surface area contributed by atoms with Gasteiger partial charge in [0.2, 0.25) is 0 Å². The lowest BCUT2D eigenvalue weighted by Crippen LogP contribution is -2.34. The number of hydrogen-bond acceptors (Lipinski definition) is 8. The topological polar surface area (TPSA) is 225 Å². The van der Waals surface area contributed by atoms with E-state index < -0.39 is 36.0 Å². The molecule has 0 radical (unpaired) electrons. The number of aliphatic carboxylic acids is 4. The zero-order chi connectivity index (χ0) is 26.1. The van der Waals surface area contributed by atoms with E-state index in [-0.39, 0.29) is 18.0 Å². The van der Waals surface area contributed by atoms with E-state index in [1.165, 1.54) is 0 Å². The van der Waals surface area contributed by atoms with Crippen LogP contribution >= 0.6 is 0 Å². The molecule has 2 aliphatic rings. The Balaban J connectivity index is 0. The number of nitrogens with two attached hydrogens (primary N) is 2. The Morgan fingerprint density at radius 3 is 1.27 bits per heavy atom. The summed E-state index contributed by atoms with van der Waals surface area (Å²) in [6.07, 6.45) is 4.12. The van der Waals surface area contributed by atoms with Gasteiger partial charge in [-0.05, 0) is 57.0 Å². The highest BCUT2D eigenvalue weighted by molar-refractivity contribution is 5.74. The summed E-state index contributed by atoms with van der Waals surface area (Å²) in [7, 11) is 0. The number of rotatable bonds is 7. The van der Waals surface area contributed by atoms with E-state index >= 15 is 0 Å². The van der Waals surface area contributed by atoms with Crippen LogP contribution in [0.15, 0.2) is 0 Å². The van der Waals surface area contributed by atoms with Crippen LogP contribution in [0.5, 0.6) is 0 Å². The summed E-state index contributed by atoms with van der Waals surface area (Å²) in [6, 6.07) is -1.94. The van der Waals surface area contributed by atoms with Crippen molar-refractivity contribution in [3.63, 3.8) is 0 Å². The molecule has 0 aromatic carbocycles. The molecule has 0 bridgehead atoms. The molecule has 0 spiro atoms. The van der Waals surface area contributed by atoms with Crippen LogP contribution in [0.2, 0.25) is 0 Å². The van der Waals surface area contributed by atoms with Crippen molar-refractivity contribution in [3.8, 4) is 0 Å². The van der Waals surface area contributed by atoms with Crippen LogP contribution in [0.25, 0.3) is 0 Å². The number of carboxylic acids is 4. The predicted octanol–water partition coefficient (Wildman–Crippen LogP) is 0.145. The first-order chi connectivity index (χ1) is 15.2. The van der Waals surface area contributed by atoms with Crippen LogP contribution in [0.4, 0.5) is 0 Å². The van der Waals surface area contributed by atoms with Crippen LogP contribution in [-0.2, 0) is 19.2 Å². The highest BCUT2D eigenvalue weighted by Crippen LogP contribution is 2.04. The van der Waals surface area contributed by atoms with Gasteiger partial charge in [-0.2, -0.15) is 0 Å². The van der Waals surface area contributed by atoms with Gasteiger partial charge in [0.25, 0.3) is 0 Å². The molecule has 2 heterocycles. The van der Waals surface area contributed by atoms with Gasteiger partial charge < -0.3 is 42.5 Å². The van der Waals surface area contributed by atoms with Crippen molar-refractivity contribution in [1.82, 2.24) is 10.6 Å². The van der Waals surface area contributed by atoms with Crippen molar-refractivity contribution >= 4 is 23.9 Å². The van der Waals surface area contributed by atoms with Crippen molar-refractivity contribution in [2.24, 2.45) is 23.3 Å². The third-order valence-corrected chi connectivity index (χ3v) is 4.76. The van der Waals surface area contributed by atoms with Crippen molar-refractivity contribution in [2.45, 2.75) is 84.0 Å². The van der Waals surface area contributed by atoms with Gasteiger partial charge in [-0.3, -0.25) is 19.2 Å². The second-order valence-corrected chi connectivity index (χ2v) is 8.66. The fourth-order valence-electron chi connectivity index (χ4n) is 2.68. The Morgan fingerprint density at radius 1 is 0.788 bits per heavy atom. The SMILES string of the molecule is CC(C)C(N)C(=O)O.CC(C)CC(N)C(=O)O.O=C(O)[C@@H]1CCCN1.O=C(O)[C@@H]1CCCN1. The molecule has 2 saturated heterocycles. The summed E-state index contributed by atoms with van der Waals surface area (Å²) >= 11 is 0. The third kappa shape index (κ3) is 17.9. The van der Waals surface area contributed by atoms with Gasteiger partial charge in [0.15, 0.2) is 0 Å². The average molecular weight is 479 g/mol. The Morgan fingerprint density at radius 2 is 1.18 bits per heavy atom. The largest absolute Gasteiger partial charge is 0.480 e. The van der Waals surface area contributed by atoms with Crippen LogP contribution in [0, 0.1) is 11.8 Å². The highest BCUT2D eigenvalue weighted by Gasteiger charge is 2.21. The monoisotopic (exact) mass is 478 g/mol. The van der Waals surface area contributed by atoms with Gasteiger partial charge >= 0.3 is 23.9 Å². The maximum absolute atomic E-state index is 10.1. The molecule has 0 aliphatic carbocycles. The lowest BCUT2D eigenvalue weighted by Gasteiger charge is -2.07. The minimum Gasteiger partial charge on any atom is -0.480 e. The summed E-state index contributed by atoms with van der Waals surface area (Å²) in [6.45, 7) is 9.16. The molecule has 194 valence electrons. The Bertz CT molecular complexity index is 546. The Hall–Kier alpha value is -2.28. The molecular weight excluding hydrogens is 436 g/mol. The summed E-state index contributed by atoms with van der Waals surface area (Å²) in [5.74, 6) is -2.91. The van der Waals surface area contributed by atoms with Gasteiger partial charge in [0.1, 0.15) is 24.2 Å². The van der Waals surface area contributed by atoms with E-state index in [2.05, 4.69) is 10.6 Å². The van der Waals surface area contributed by atoms with Crippen molar-refractivity contribution < 1.29 is 39.6 Å². The maximum atomic E-state index is 10.1. The molecular formula is C21H42N4O8. The van der Waals surface area contributed by atoms with Crippen LogP contribution in [0.3, 0.4) is 0 Å². The quantitative estimate of drug-likeness (QED) is 0.244. The molecule has 12 heteroatoms. The van der Waals surface area contributed by atoms with E-state index in [0.29, 0.717) is 12.3 Å². The molecule has 0 aromatic heterocycles. The van der Waals surface area contributed by atoms with Crippen molar-refractivity contribution in [1.29, 1.82) is 0 Å². The highest BCUT2D eigenvalue weighted by atomic mass is 16.4. The second-order valence-electron chi connectivity index (χ2n) is 8.66. The molecule has 0 amide bonds. The standard InChI is InChI=1S/C6H13NO2.2C5H9NO2.C5H11NO2/c1-4(2)3-5(7)6(8)9;2*7-5(8)4-2-1-3-6-4;1-3(2)4(6)5(7)8/h4-5H,3,7H2,1-2H3,(H,8,9);2*4,6H,1-3H2,(H,7,8);3-4H,6H2,1-2H3,(H,7,8)/t;2*4-;/m.00./s1. The first-order valence-electron chi connectivity index (χ1n) is 11.1. The molecule has 0 saturated carbocycles. The van der Waals surface area contributed by atoms with E-state index in [0.717, 1.165) is 38.8 Å². The fraction of sp³-hybridized carbons (Fsp3) is 0.810. The summed E-state index contributed by atoms with van der Waals surface area (Å²) < 4.78 is 0. The molecule has 0 aromatic rings. The summed E-state index contributed by atoms with van der Waals surface area (Å²) in [5, 5.41) is 38.9. The van der Waals surface area contributed by atoms with Crippen molar-refractivity contribution in [2.75, 3.05) is 13.1 Å². The smallest absolute Gasteiger partial charge is 0.320 e. The minimum atomic E-state index is -0.931. The molecule has 2 aliphatic heterocycles. The summed E-state index contributed by atoms with van der Waals surface area (Å²) in [5.41, 5.74) is 10.4. The van der Waals surface area contributed by atoms with Crippen LogP contribution in [-0.4, -0.2) is 81.6 Å². The number of carbonyl (C=O) groups is 4. The predicted molar refractivity (Wildman–Crippen MR) is 123 cm³/mol. The number of carboxylic acid groups (broad SMARTS) is 4. The van der Waals surface area contributed by atoms with Crippen molar-refractivity contribution in [3.05, 3.63) is 0 Å². The molecule has 2 fully saturated rings. The zero-order valence-electron chi connectivity index (χ0n) is 20.0. The van der Waals surface area contributed by atoms with E-state index in [4.69, 9.17) is 31.9 Å². The molecule has 4 atom stereocenters. The number of hydrogen-bond donors (Lipinski definition) is 8. The molecule has 2 unspecified atom stereocenters. The molecule has 10 N–H and O–H groups in total. The zero-order valence-corrected chi connectivity index (χ0v) is 20.0. The molecule has 2 rings (SSSR count). The Labute approximate surface area is 195 Å². The minimum absolute atomic E-state index is 0.0208. The van der Waals surface area contributed by atoms with Gasteiger partial charge in [-0.1, -0.05) is 27.7 Å². The summed E-state index contributed by atoms with van der Waals surface area (Å²) in [4.78, 5) is 40.4. The van der Waals surface area contributed by atoms with Crippen LogP contribution in [0.1, 0.15) is 59.8 Å². The lowest BCUT2D eigenvalue weighted by atomic mass is 10.1. The Kier molecular flexibility index (Phi) is 18.1. The molecule has 33 heavy (non-hydrogen) atoms. The van der Waals surface area contributed by atoms with Gasteiger partial charge in [-0.25, -0.2) is 0 Å². The van der Waals surface area contributed by atoms with Gasteiger partial charge in [0, 0.05) is 0 Å². The van der Waals surface area contributed by atoms with E-state index in [1.54, 1.807) is 13.8 Å². The molecule has 12 nitrogen and oxygen atoms in total. The second kappa shape index (κ2) is 18.2. The maximum Gasteiger partial charge on any atom is 0.320 e. The average Bonchev–Trinajstić information content (AvgIpc) is 3.42. The van der Waals surface area contributed by atoms with E-state index in [9.17, 15) is 19.2 Å². The number of nitrogens with one attached hydrogen (secondary N) is 2.